The second-order valence-electron chi connectivity index (χ2n) is 5.35. The van der Waals surface area contributed by atoms with Gasteiger partial charge in [0.25, 0.3) is 5.91 Å². The van der Waals surface area contributed by atoms with Crippen molar-refractivity contribution in [1.82, 2.24) is 19.9 Å². The number of fused-ring (bicyclic) bond motifs is 1. The second kappa shape index (κ2) is 5.60. The Hall–Kier alpha value is -2.09. The van der Waals surface area contributed by atoms with Gasteiger partial charge in [-0.25, -0.2) is 14.3 Å². The van der Waals surface area contributed by atoms with E-state index < -0.39 is 17.4 Å². The molecule has 0 aromatic carbocycles. The number of amides is 1. The van der Waals surface area contributed by atoms with Crippen molar-refractivity contribution in [3.8, 4) is 0 Å². The van der Waals surface area contributed by atoms with Crippen LogP contribution in [0.4, 0.5) is 0 Å². The zero-order valence-electron chi connectivity index (χ0n) is 12.1. The first kappa shape index (κ1) is 14.8. The smallest absolute Gasteiger partial charge is 0.329 e. The molecule has 116 valence electrons. The number of nitrogens with zero attached hydrogens (tertiary/aromatic N) is 3. The summed E-state index contributed by atoms with van der Waals surface area (Å²) in [5.41, 5.74) is 0.301. The molecule has 0 unspecified atom stereocenters. The molecule has 2 aromatic rings. The average molecular weight is 320 g/mol. The number of rotatable bonds is 3. The van der Waals surface area contributed by atoms with Crippen molar-refractivity contribution in [3.05, 3.63) is 29.7 Å². The van der Waals surface area contributed by atoms with E-state index in [0.29, 0.717) is 24.1 Å². The molecular weight excluding hydrogens is 304 g/mol. The average Bonchev–Trinajstić information content (AvgIpc) is 2.91. The molecule has 0 aliphatic carbocycles. The zero-order valence-corrected chi connectivity index (χ0v) is 12.9. The van der Waals surface area contributed by atoms with Gasteiger partial charge in [0, 0.05) is 11.9 Å². The van der Waals surface area contributed by atoms with Crippen molar-refractivity contribution in [3.63, 3.8) is 0 Å². The van der Waals surface area contributed by atoms with E-state index in [9.17, 15) is 14.7 Å². The largest absolute Gasteiger partial charge is 0.480 e. The van der Waals surface area contributed by atoms with Crippen LogP contribution in [0.3, 0.4) is 0 Å². The van der Waals surface area contributed by atoms with Gasteiger partial charge in [-0.3, -0.25) is 4.79 Å². The van der Waals surface area contributed by atoms with E-state index in [0.717, 1.165) is 17.2 Å². The number of carboxylic acids is 1. The van der Waals surface area contributed by atoms with Crippen LogP contribution in [0.15, 0.2) is 18.5 Å². The fourth-order valence-electron chi connectivity index (χ4n) is 2.52. The van der Waals surface area contributed by atoms with E-state index in [1.165, 1.54) is 10.7 Å². The van der Waals surface area contributed by atoms with Gasteiger partial charge in [0.05, 0.1) is 6.20 Å². The van der Waals surface area contributed by atoms with E-state index in [2.05, 4.69) is 15.4 Å². The molecule has 3 heterocycles. The number of carboxylic acid groups (broad SMARTS) is 1. The Morgan fingerprint density at radius 2 is 2.14 bits per heavy atom. The molecule has 2 N–H and O–H groups in total. The highest BCUT2D eigenvalue weighted by atomic mass is 32.2. The number of hydrogen-bond donors (Lipinski definition) is 2. The third-order valence-corrected chi connectivity index (χ3v) is 4.85. The Morgan fingerprint density at radius 1 is 1.41 bits per heavy atom. The number of hydrogen-bond acceptors (Lipinski definition) is 5. The number of aliphatic carboxylic acids is 1. The van der Waals surface area contributed by atoms with Crippen LogP contribution in [-0.2, 0) is 4.79 Å². The van der Waals surface area contributed by atoms with Gasteiger partial charge in [-0.05, 0) is 37.3 Å². The standard InChI is InChI=1S/C14H16N4O3S/c1-9-2-5-18-11(16-9)10(8-15-18)12(19)17-14(13(20)21)3-6-22-7-4-14/h2,5,8H,3-4,6-7H2,1H3,(H,17,19)(H,20,21). The first-order valence-corrected chi connectivity index (χ1v) is 8.12. The van der Waals surface area contributed by atoms with E-state index in [-0.39, 0.29) is 0 Å². The Bertz CT molecular complexity index is 737. The third-order valence-electron chi connectivity index (χ3n) is 3.86. The summed E-state index contributed by atoms with van der Waals surface area (Å²) in [5.74, 6) is 0.0152. The van der Waals surface area contributed by atoms with Crippen molar-refractivity contribution >= 4 is 29.3 Å². The van der Waals surface area contributed by atoms with E-state index in [4.69, 9.17) is 0 Å². The highest BCUT2D eigenvalue weighted by Crippen LogP contribution is 2.28. The number of aryl methyl sites for hydroxylation is 1. The molecule has 7 nitrogen and oxygen atoms in total. The van der Waals surface area contributed by atoms with Crippen LogP contribution in [0.5, 0.6) is 0 Å². The van der Waals surface area contributed by atoms with Gasteiger partial charge in [0.15, 0.2) is 5.65 Å². The van der Waals surface area contributed by atoms with Crippen LogP contribution >= 0.6 is 11.8 Å². The fraction of sp³-hybridized carbons (Fsp3) is 0.429. The Kier molecular flexibility index (Phi) is 3.78. The molecule has 0 radical (unpaired) electrons. The Balaban J connectivity index is 1.92. The number of thioether (sulfide) groups is 1. The lowest BCUT2D eigenvalue weighted by Gasteiger charge is -2.33. The SMILES string of the molecule is Cc1ccn2ncc(C(=O)NC3(C(=O)O)CCSCC3)c2n1. The zero-order chi connectivity index (χ0) is 15.7. The van der Waals surface area contributed by atoms with E-state index in [1.807, 2.05) is 6.92 Å². The van der Waals surface area contributed by atoms with Crippen molar-refractivity contribution in [2.75, 3.05) is 11.5 Å². The Morgan fingerprint density at radius 3 is 2.82 bits per heavy atom. The molecule has 22 heavy (non-hydrogen) atoms. The number of carbonyl (C=O) groups excluding carboxylic acids is 1. The predicted octanol–water partition coefficient (Wildman–Crippen LogP) is 1.12. The summed E-state index contributed by atoms with van der Waals surface area (Å²) in [6.07, 6.45) is 3.98. The summed E-state index contributed by atoms with van der Waals surface area (Å²) in [5, 5.41) is 16.3. The van der Waals surface area contributed by atoms with Crippen LogP contribution in [0.25, 0.3) is 5.65 Å². The molecule has 1 amide bonds. The molecule has 1 aliphatic rings. The molecule has 1 saturated heterocycles. The van der Waals surface area contributed by atoms with Gasteiger partial charge in [-0.1, -0.05) is 0 Å². The lowest BCUT2D eigenvalue weighted by atomic mass is 9.92. The normalized spacial score (nSPS) is 17.3. The first-order valence-electron chi connectivity index (χ1n) is 6.96. The van der Waals surface area contributed by atoms with Crippen molar-refractivity contribution in [2.45, 2.75) is 25.3 Å². The maximum Gasteiger partial charge on any atom is 0.329 e. The molecule has 1 fully saturated rings. The lowest BCUT2D eigenvalue weighted by Crippen LogP contribution is -2.56. The minimum atomic E-state index is -1.19. The van der Waals surface area contributed by atoms with Crippen LogP contribution in [-0.4, -0.2) is 48.6 Å². The number of nitrogens with one attached hydrogen (secondary N) is 1. The fourth-order valence-corrected chi connectivity index (χ4v) is 3.71. The predicted molar refractivity (Wildman–Crippen MR) is 82.1 cm³/mol. The summed E-state index contributed by atoms with van der Waals surface area (Å²) in [7, 11) is 0. The van der Waals surface area contributed by atoms with Crippen LogP contribution in [0, 0.1) is 6.92 Å². The number of aromatic nitrogens is 3. The molecule has 0 spiro atoms. The van der Waals surface area contributed by atoms with Crippen molar-refractivity contribution in [1.29, 1.82) is 0 Å². The van der Waals surface area contributed by atoms with Gasteiger partial charge in [-0.15, -0.1) is 0 Å². The van der Waals surface area contributed by atoms with E-state index >= 15 is 0 Å². The van der Waals surface area contributed by atoms with Gasteiger partial charge in [0.1, 0.15) is 11.1 Å². The topological polar surface area (TPSA) is 96.6 Å². The Labute approximate surface area is 131 Å². The van der Waals surface area contributed by atoms with Crippen LogP contribution in [0.2, 0.25) is 0 Å². The summed E-state index contributed by atoms with van der Waals surface area (Å²) in [6.45, 7) is 1.83. The molecule has 1 aliphatic heterocycles. The van der Waals surface area contributed by atoms with Gasteiger partial charge < -0.3 is 10.4 Å². The highest BCUT2D eigenvalue weighted by Gasteiger charge is 2.41. The van der Waals surface area contributed by atoms with Crippen LogP contribution < -0.4 is 5.32 Å². The third kappa shape index (κ3) is 2.54. The maximum absolute atomic E-state index is 12.5. The summed E-state index contributed by atoms with van der Waals surface area (Å²) in [6, 6.07) is 1.79. The van der Waals surface area contributed by atoms with Gasteiger partial charge in [-0.2, -0.15) is 16.9 Å². The molecule has 0 atom stereocenters. The van der Waals surface area contributed by atoms with Gasteiger partial charge >= 0.3 is 5.97 Å². The summed E-state index contributed by atoms with van der Waals surface area (Å²) >= 11 is 1.70. The summed E-state index contributed by atoms with van der Waals surface area (Å²) < 4.78 is 1.51. The van der Waals surface area contributed by atoms with E-state index in [1.54, 1.807) is 24.0 Å². The molecule has 0 saturated carbocycles. The maximum atomic E-state index is 12.5. The minimum absolute atomic E-state index is 0.294. The molecular formula is C14H16N4O3S. The van der Waals surface area contributed by atoms with Crippen molar-refractivity contribution < 1.29 is 14.7 Å². The first-order chi connectivity index (χ1) is 10.5. The monoisotopic (exact) mass is 320 g/mol. The lowest BCUT2D eigenvalue weighted by molar-refractivity contribution is -0.144. The highest BCUT2D eigenvalue weighted by molar-refractivity contribution is 7.99. The minimum Gasteiger partial charge on any atom is -0.480 e. The molecule has 3 rings (SSSR count). The van der Waals surface area contributed by atoms with Crippen molar-refractivity contribution in [2.24, 2.45) is 0 Å². The van der Waals surface area contributed by atoms with Crippen LogP contribution in [0.1, 0.15) is 28.9 Å². The summed E-state index contributed by atoms with van der Waals surface area (Å²) in [4.78, 5) is 28.5. The second-order valence-corrected chi connectivity index (χ2v) is 6.57. The molecule has 2 aromatic heterocycles. The molecule has 8 heteroatoms. The number of carbonyl (C=O) groups is 2. The quantitative estimate of drug-likeness (QED) is 0.879. The molecule has 0 bridgehead atoms. The van der Waals surface area contributed by atoms with Gasteiger partial charge in [0.2, 0.25) is 0 Å².